The van der Waals surface area contributed by atoms with E-state index in [1.54, 1.807) is 0 Å². The summed E-state index contributed by atoms with van der Waals surface area (Å²) < 4.78 is 0. The van der Waals surface area contributed by atoms with Crippen molar-refractivity contribution in [3.05, 3.63) is 54.1 Å². The number of imidazole rings is 1. The Labute approximate surface area is 161 Å². The van der Waals surface area contributed by atoms with Crippen LogP contribution >= 0.6 is 0 Å². The SMILES string of the molecule is O=C1C(C2CCN(Cc3ncc[nH]3)CC2)CCCCN1Cc1ccccc1. The van der Waals surface area contributed by atoms with Crippen molar-refractivity contribution in [3.8, 4) is 0 Å². The van der Waals surface area contributed by atoms with Gasteiger partial charge in [-0.1, -0.05) is 36.8 Å². The molecule has 0 spiro atoms. The predicted molar refractivity (Wildman–Crippen MR) is 106 cm³/mol. The Bertz CT molecular complexity index is 707. The maximum Gasteiger partial charge on any atom is 0.226 e. The van der Waals surface area contributed by atoms with Crippen LogP contribution in [0.4, 0.5) is 0 Å². The first kappa shape index (κ1) is 18.2. The highest BCUT2D eigenvalue weighted by atomic mass is 16.2. The van der Waals surface area contributed by atoms with E-state index in [2.05, 4.69) is 44.0 Å². The number of likely N-dealkylation sites (tertiary alicyclic amines) is 2. The molecule has 0 bridgehead atoms. The number of piperidine rings is 1. The van der Waals surface area contributed by atoms with E-state index in [9.17, 15) is 4.79 Å². The van der Waals surface area contributed by atoms with Crippen LogP contribution in [0.3, 0.4) is 0 Å². The van der Waals surface area contributed by atoms with Crippen molar-refractivity contribution in [1.29, 1.82) is 0 Å². The van der Waals surface area contributed by atoms with E-state index in [-0.39, 0.29) is 5.92 Å². The van der Waals surface area contributed by atoms with Crippen LogP contribution in [0.2, 0.25) is 0 Å². The topological polar surface area (TPSA) is 52.2 Å². The molecule has 2 fully saturated rings. The molecule has 1 aromatic heterocycles. The molecule has 5 heteroatoms. The zero-order valence-corrected chi connectivity index (χ0v) is 16.0. The van der Waals surface area contributed by atoms with Crippen LogP contribution in [0.25, 0.3) is 0 Å². The highest BCUT2D eigenvalue weighted by Crippen LogP contribution is 2.33. The summed E-state index contributed by atoms with van der Waals surface area (Å²) in [5, 5.41) is 0. The van der Waals surface area contributed by atoms with Crippen LogP contribution in [0.5, 0.6) is 0 Å². The molecule has 1 amide bonds. The standard InChI is InChI=1S/C22H30N4O/c27-22-20(8-4-5-13-26(22)16-18-6-2-1-3-7-18)19-9-14-25(15-10-19)17-21-23-11-12-24-21/h1-3,6-7,11-12,19-20H,4-5,8-10,13-17H2,(H,23,24). The Kier molecular flexibility index (Phi) is 5.87. The molecule has 2 saturated heterocycles. The number of H-pyrrole nitrogens is 1. The third-order valence-corrected chi connectivity index (χ3v) is 6.17. The quantitative estimate of drug-likeness (QED) is 0.882. The van der Waals surface area contributed by atoms with Gasteiger partial charge >= 0.3 is 0 Å². The van der Waals surface area contributed by atoms with E-state index < -0.39 is 0 Å². The number of aromatic nitrogens is 2. The van der Waals surface area contributed by atoms with E-state index in [1.165, 1.54) is 12.0 Å². The van der Waals surface area contributed by atoms with E-state index in [4.69, 9.17) is 0 Å². The van der Waals surface area contributed by atoms with Gasteiger partial charge in [-0.2, -0.15) is 0 Å². The first-order chi connectivity index (χ1) is 13.3. The van der Waals surface area contributed by atoms with Gasteiger partial charge < -0.3 is 9.88 Å². The van der Waals surface area contributed by atoms with Gasteiger partial charge in [0.05, 0.1) is 6.54 Å². The van der Waals surface area contributed by atoms with Crippen LogP contribution in [-0.2, 0) is 17.9 Å². The lowest BCUT2D eigenvalue weighted by Crippen LogP contribution is -2.42. The molecule has 2 aliphatic rings. The number of hydrogen-bond acceptors (Lipinski definition) is 3. The van der Waals surface area contributed by atoms with Gasteiger partial charge in [-0.15, -0.1) is 0 Å². The molecule has 1 N–H and O–H groups in total. The molecule has 0 aliphatic carbocycles. The van der Waals surface area contributed by atoms with Gasteiger partial charge in [0.2, 0.25) is 5.91 Å². The van der Waals surface area contributed by atoms with Crippen LogP contribution in [0, 0.1) is 11.8 Å². The van der Waals surface area contributed by atoms with Gasteiger partial charge in [0.25, 0.3) is 0 Å². The average Bonchev–Trinajstić information content (AvgIpc) is 3.14. The highest BCUT2D eigenvalue weighted by molar-refractivity contribution is 5.79. The summed E-state index contributed by atoms with van der Waals surface area (Å²) >= 11 is 0. The summed E-state index contributed by atoms with van der Waals surface area (Å²) in [5.41, 5.74) is 1.24. The van der Waals surface area contributed by atoms with Crippen LogP contribution < -0.4 is 0 Å². The molecule has 4 rings (SSSR count). The minimum atomic E-state index is 0.210. The van der Waals surface area contributed by atoms with Gasteiger partial charge in [0, 0.05) is 31.4 Å². The molecule has 0 saturated carbocycles. The molecule has 3 heterocycles. The van der Waals surface area contributed by atoms with E-state index in [1.807, 2.05) is 18.5 Å². The molecular weight excluding hydrogens is 336 g/mol. The van der Waals surface area contributed by atoms with Crippen molar-refractivity contribution in [1.82, 2.24) is 19.8 Å². The number of amides is 1. The second kappa shape index (κ2) is 8.70. The molecule has 1 atom stereocenters. The maximum absolute atomic E-state index is 13.3. The van der Waals surface area contributed by atoms with Crippen LogP contribution in [0.1, 0.15) is 43.5 Å². The second-order valence-electron chi connectivity index (χ2n) is 8.00. The Hall–Kier alpha value is -2.14. The molecular formula is C22H30N4O. The average molecular weight is 367 g/mol. The predicted octanol–water partition coefficient (Wildman–Crippen LogP) is 3.45. The zero-order chi connectivity index (χ0) is 18.5. The summed E-state index contributed by atoms with van der Waals surface area (Å²) in [4.78, 5) is 25.4. The zero-order valence-electron chi connectivity index (χ0n) is 16.0. The highest BCUT2D eigenvalue weighted by Gasteiger charge is 2.35. The smallest absolute Gasteiger partial charge is 0.226 e. The molecule has 5 nitrogen and oxygen atoms in total. The Balaban J connectivity index is 1.35. The lowest BCUT2D eigenvalue weighted by atomic mass is 9.81. The summed E-state index contributed by atoms with van der Waals surface area (Å²) in [6.07, 6.45) is 9.31. The van der Waals surface area contributed by atoms with Gasteiger partial charge in [0.15, 0.2) is 0 Å². The monoisotopic (exact) mass is 366 g/mol. The molecule has 1 aromatic carbocycles. The first-order valence-corrected chi connectivity index (χ1v) is 10.3. The summed E-state index contributed by atoms with van der Waals surface area (Å²) in [6.45, 7) is 4.68. The van der Waals surface area contributed by atoms with E-state index in [0.29, 0.717) is 11.8 Å². The third kappa shape index (κ3) is 4.59. The minimum absolute atomic E-state index is 0.210. The molecule has 0 radical (unpaired) electrons. The fourth-order valence-corrected chi connectivity index (χ4v) is 4.64. The number of hydrogen-bond donors (Lipinski definition) is 1. The lowest BCUT2D eigenvalue weighted by molar-refractivity contribution is -0.138. The first-order valence-electron chi connectivity index (χ1n) is 10.3. The Morgan fingerprint density at radius 3 is 2.56 bits per heavy atom. The Morgan fingerprint density at radius 1 is 1.00 bits per heavy atom. The number of carbonyl (C=O) groups is 1. The van der Waals surface area contributed by atoms with Crippen molar-refractivity contribution in [2.24, 2.45) is 11.8 Å². The summed E-state index contributed by atoms with van der Waals surface area (Å²) in [5.74, 6) is 2.16. The van der Waals surface area contributed by atoms with Gasteiger partial charge in [0.1, 0.15) is 5.82 Å². The number of rotatable bonds is 5. The number of benzene rings is 1. The van der Waals surface area contributed by atoms with Crippen LogP contribution in [0.15, 0.2) is 42.7 Å². The summed E-state index contributed by atoms with van der Waals surface area (Å²) in [7, 11) is 0. The Morgan fingerprint density at radius 2 is 1.81 bits per heavy atom. The molecule has 2 aromatic rings. The number of nitrogens with one attached hydrogen (secondary N) is 1. The minimum Gasteiger partial charge on any atom is -0.348 e. The molecule has 27 heavy (non-hydrogen) atoms. The number of nitrogens with zero attached hydrogens (tertiary/aromatic N) is 3. The fourth-order valence-electron chi connectivity index (χ4n) is 4.64. The van der Waals surface area contributed by atoms with Crippen molar-refractivity contribution in [2.45, 2.75) is 45.2 Å². The van der Waals surface area contributed by atoms with Crippen molar-refractivity contribution in [3.63, 3.8) is 0 Å². The maximum atomic E-state index is 13.3. The van der Waals surface area contributed by atoms with E-state index >= 15 is 0 Å². The van der Waals surface area contributed by atoms with Crippen molar-refractivity contribution < 1.29 is 4.79 Å². The van der Waals surface area contributed by atoms with Crippen molar-refractivity contribution in [2.75, 3.05) is 19.6 Å². The number of carbonyl (C=O) groups excluding carboxylic acids is 1. The molecule has 1 unspecified atom stereocenters. The third-order valence-electron chi connectivity index (χ3n) is 6.17. The second-order valence-corrected chi connectivity index (χ2v) is 8.00. The van der Waals surface area contributed by atoms with Crippen LogP contribution in [-0.4, -0.2) is 45.3 Å². The van der Waals surface area contributed by atoms with Gasteiger partial charge in [-0.3, -0.25) is 9.69 Å². The fraction of sp³-hybridized carbons (Fsp3) is 0.545. The van der Waals surface area contributed by atoms with Gasteiger partial charge in [-0.25, -0.2) is 4.98 Å². The normalized spacial score (nSPS) is 22.7. The van der Waals surface area contributed by atoms with E-state index in [0.717, 1.165) is 64.2 Å². The largest absolute Gasteiger partial charge is 0.348 e. The molecule has 144 valence electrons. The number of aromatic amines is 1. The summed E-state index contributed by atoms with van der Waals surface area (Å²) in [6, 6.07) is 10.4. The van der Waals surface area contributed by atoms with Gasteiger partial charge in [-0.05, 0) is 50.3 Å². The van der Waals surface area contributed by atoms with Crippen molar-refractivity contribution >= 4 is 5.91 Å². The lowest BCUT2D eigenvalue weighted by Gasteiger charge is -2.36. The molecule has 2 aliphatic heterocycles.